The van der Waals surface area contributed by atoms with Gasteiger partial charge in [-0.25, -0.2) is 0 Å². The highest BCUT2D eigenvalue weighted by atomic mass is 14.1. The number of hydrogen-bond donors (Lipinski definition) is 0. The molecule has 0 bridgehead atoms. The normalized spacial score (nSPS) is 13.3. The van der Waals surface area contributed by atoms with Crippen LogP contribution in [0.25, 0.3) is 0 Å². The highest BCUT2D eigenvalue weighted by Crippen LogP contribution is 2.13. The third-order valence-electron chi connectivity index (χ3n) is 1.77. The van der Waals surface area contributed by atoms with E-state index in [1.54, 1.807) is 0 Å². The zero-order valence-corrected chi connectivity index (χ0v) is 8.57. The van der Waals surface area contributed by atoms with Crippen LogP contribution in [0.1, 0.15) is 40.5 Å². The average Bonchev–Trinajstić information content (AvgIpc) is 2.01. The van der Waals surface area contributed by atoms with Gasteiger partial charge in [0.05, 0.1) is 0 Å². The molecule has 0 aliphatic carbocycles. The van der Waals surface area contributed by atoms with Crippen molar-refractivity contribution >= 4 is 0 Å². The summed E-state index contributed by atoms with van der Waals surface area (Å²) in [5, 5.41) is 0. The van der Waals surface area contributed by atoms with Crippen LogP contribution >= 0.6 is 0 Å². The van der Waals surface area contributed by atoms with Gasteiger partial charge in [-0.15, -0.1) is 23.7 Å². The molecule has 0 aromatic heterocycles. The minimum absolute atomic E-state index is 0.517. The fourth-order valence-corrected chi connectivity index (χ4v) is 1.27. The minimum Gasteiger partial charge on any atom is -0.107 e. The van der Waals surface area contributed by atoms with Crippen molar-refractivity contribution in [2.75, 3.05) is 0 Å². The molecule has 0 heteroatoms. The molecule has 0 amide bonds. The molecule has 0 saturated carbocycles. The van der Waals surface area contributed by atoms with Crippen LogP contribution in [0.5, 0.6) is 0 Å². The predicted molar refractivity (Wildman–Crippen MR) is 54.5 cm³/mol. The summed E-state index contributed by atoms with van der Waals surface area (Å²) < 4.78 is 0. The van der Waals surface area contributed by atoms with Crippen molar-refractivity contribution in [3.63, 3.8) is 0 Å². The van der Waals surface area contributed by atoms with Crippen LogP contribution < -0.4 is 0 Å². The first-order chi connectivity index (χ1) is 5.70. The van der Waals surface area contributed by atoms with Crippen molar-refractivity contribution in [3.8, 4) is 23.7 Å². The van der Waals surface area contributed by atoms with Crippen LogP contribution in [0.15, 0.2) is 0 Å². The highest BCUT2D eigenvalue weighted by Gasteiger charge is 2.04. The molecule has 0 rings (SSSR count). The highest BCUT2D eigenvalue weighted by molar-refractivity contribution is 5.01. The lowest BCUT2D eigenvalue weighted by Crippen LogP contribution is -2.00. The molecule has 0 N–H and O–H groups in total. The molecule has 0 fully saturated rings. The Hall–Kier alpha value is -0.880. The molecule has 0 spiro atoms. The standard InChI is InChI=1S/C12H18/c1-5-7-9-12(4)10-11(3)8-6-2/h11-12H,9-10H2,1-4H3. The predicted octanol–water partition coefficient (Wildman–Crippen LogP) is 3.09. The second-order valence-corrected chi connectivity index (χ2v) is 3.27. The van der Waals surface area contributed by atoms with Crippen molar-refractivity contribution in [2.24, 2.45) is 11.8 Å². The van der Waals surface area contributed by atoms with Gasteiger partial charge in [-0.1, -0.05) is 13.8 Å². The fourth-order valence-electron chi connectivity index (χ4n) is 1.27. The van der Waals surface area contributed by atoms with Crippen molar-refractivity contribution < 1.29 is 0 Å². The molecule has 0 radical (unpaired) electrons. The summed E-state index contributed by atoms with van der Waals surface area (Å²) in [5.74, 6) is 13.3. The van der Waals surface area contributed by atoms with E-state index in [9.17, 15) is 0 Å². The molecule has 0 aromatic carbocycles. The summed E-state index contributed by atoms with van der Waals surface area (Å²) >= 11 is 0. The Morgan fingerprint density at radius 2 is 1.75 bits per heavy atom. The van der Waals surface area contributed by atoms with E-state index in [0.717, 1.165) is 12.8 Å². The van der Waals surface area contributed by atoms with Crippen LogP contribution in [-0.2, 0) is 0 Å². The van der Waals surface area contributed by atoms with Crippen molar-refractivity contribution in [1.82, 2.24) is 0 Å². The van der Waals surface area contributed by atoms with E-state index in [1.807, 2.05) is 13.8 Å². The lowest BCUT2D eigenvalue weighted by molar-refractivity contribution is 0.485. The maximum Gasteiger partial charge on any atom is 0.0177 e. The Morgan fingerprint density at radius 1 is 1.08 bits per heavy atom. The van der Waals surface area contributed by atoms with E-state index in [-0.39, 0.29) is 0 Å². The molecule has 0 saturated heterocycles. The van der Waals surface area contributed by atoms with Crippen LogP contribution in [0.3, 0.4) is 0 Å². The zero-order chi connectivity index (χ0) is 9.40. The third kappa shape index (κ3) is 5.87. The van der Waals surface area contributed by atoms with Gasteiger partial charge in [-0.05, 0) is 26.2 Å². The first-order valence-corrected chi connectivity index (χ1v) is 4.52. The number of hydrogen-bond acceptors (Lipinski definition) is 0. The summed E-state index contributed by atoms with van der Waals surface area (Å²) in [5.41, 5.74) is 0. The average molecular weight is 162 g/mol. The Balaban J connectivity index is 3.70. The summed E-state index contributed by atoms with van der Waals surface area (Å²) in [6.07, 6.45) is 2.17. The van der Waals surface area contributed by atoms with Gasteiger partial charge in [0.1, 0.15) is 0 Å². The lowest BCUT2D eigenvalue weighted by atomic mass is 9.95. The molecular formula is C12H18. The molecule has 66 valence electrons. The summed E-state index contributed by atoms with van der Waals surface area (Å²) in [6.45, 7) is 8.19. The summed E-state index contributed by atoms with van der Waals surface area (Å²) in [6, 6.07) is 0. The first-order valence-electron chi connectivity index (χ1n) is 4.52. The van der Waals surface area contributed by atoms with Crippen molar-refractivity contribution in [1.29, 1.82) is 0 Å². The Morgan fingerprint density at radius 3 is 2.25 bits per heavy atom. The second-order valence-electron chi connectivity index (χ2n) is 3.27. The number of rotatable bonds is 3. The molecule has 2 unspecified atom stereocenters. The minimum atomic E-state index is 0.517. The molecule has 0 aliphatic heterocycles. The third-order valence-corrected chi connectivity index (χ3v) is 1.77. The Labute approximate surface area is 76.8 Å². The SMILES string of the molecule is CC#CCC(C)CC(C)C#CC. The summed E-state index contributed by atoms with van der Waals surface area (Å²) in [4.78, 5) is 0. The van der Waals surface area contributed by atoms with E-state index in [2.05, 4.69) is 37.5 Å². The van der Waals surface area contributed by atoms with E-state index < -0.39 is 0 Å². The quantitative estimate of drug-likeness (QED) is 0.559. The van der Waals surface area contributed by atoms with Crippen LogP contribution in [0, 0.1) is 35.5 Å². The molecule has 0 aromatic rings. The monoisotopic (exact) mass is 162 g/mol. The zero-order valence-electron chi connectivity index (χ0n) is 8.57. The van der Waals surface area contributed by atoms with Crippen LogP contribution in [0.2, 0.25) is 0 Å². The smallest absolute Gasteiger partial charge is 0.0177 e. The maximum absolute atomic E-state index is 3.15. The van der Waals surface area contributed by atoms with Gasteiger partial charge in [-0.3, -0.25) is 0 Å². The van der Waals surface area contributed by atoms with Crippen LogP contribution in [-0.4, -0.2) is 0 Å². The maximum atomic E-state index is 3.15. The van der Waals surface area contributed by atoms with Crippen molar-refractivity contribution in [3.05, 3.63) is 0 Å². The van der Waals surface area contributed by atoms with Gasteiger partial charge < -0.3 is 0 Å². The second kappa shape index (κ2) is 6.81. The van der Waals surface area contributed by atoms with E-state index in [1.165, 1.54) is 0 Å². The first kappa shape index (κ1) is 11.1. The van der Waals surface area contributed by atoms with E-state index >= 15 is 0 Å². The largest absolute Gasteiger partial charge is 0.107 e. The molecule has 0 aliphatic rings. The van der Waals surface area contributed by atoms with Gasteiger partial charge >= 0.3 is 0 Å². The molecule has 2 atom stereocenters. The van der Waals surface area contributed by atoms with Crippen LogP contribution in [0.4, 0.5) is 0 Å². The Kier molecular flexibility index (Phi) is 6.31. The van der Waals surface area contributed by atoms with Gasteiger partial charge in [-0.2, -0.15) is 0 Å². The summed E-state index contributed by atoms with van der Waals surface area (Å²) in [7, 11) is 0. The lowest BCUT2D eigenvalue weighted by Gasteiger charge is -2.09. The molecular weight excluding hydrogens is 144 g/mol. The topological polar surface area (TPSA) is 0 Å². The Bertz CT molecular complexity index is 216. The van der Waals surface area contributed by atoms with Crippen molar-refractivity contribution in [2.45, 2.75) is 40.5 Å². The molecule has 0 nitrogen and oxygen atoms in total. The molecule has 12 heavy (non-hydrogen) atoms. The molecule has 0 heterocycles. The van der Waals surface area contributed by atoms with Gasteiger partial charge in [0.25, 0.3) is 0 Å². The van der Waals surface area contributed by atoms with Gasteiger partial charge in [0.15, 0.2) is 0 Å². The fraction of sp³-hybridized carbons (Fsp3) is 0.667. The van der Waals surface area contributed by atoms with E-state index in [0.29, 0.717) is 11.8 Å². The van der Waals surface area contributed by atoms with E-state index in [4.69, 9.17) is 0 Å². The van der Waals surface area contributed by atoms with Gasteiger partial charge in [0.2, 0.25) is 0 Å². The van der Waals surface area contributed by atoms with Gasteiger partial charge in [0, 0.05) is 12.3 Å².